The first-order chi connectivity index (χ1) is 9.60. The minimum atomic E-state index is -0.795. The van der Waals surface area contributed by atoms with Crippen LogP contribution in [-0.2, 0) is 0 Å². The van der Waals surface area contributed by atoms with Crippen molar-refractivity contribution < 1.29 is 14.6 Å². The largest absolute Gasteiger partial charge is 0.489 e. The smallest absolute Gasteiger partial charge is 0.212 e. The monoisotopic (exact) mass is 274 g/mol. The van der Waals surface area contributed by atoms with E-state index < -0.39 is 6.10 Å². The molecular weight excluding hydrogens is 256 g/mol. The first-order valence-electron chi connectivity index (χ1n) is 6.39. The Kier molecular flexibility index (Phi) is 4.53. The van der Waals surface area contributed by atoms with Crippen LogP contribution in [-0.4, -0.2) is 28.3 Å². The van der Waals surface area contributed by atoms with Gasteiger partial charge in [0.05, 0.1) is 19.4 Å². The van der Waals surface area contributed by atoms with Gasteiger partial charge in [0.15, 0.2) is 0 Å². The molecule has 0 spiro atoms. The molecule has 106 valence electrons. The molecule has 0 aliphatic heterocycles. The molecule has 0 radical (unpaired) electrons. The molecule has 0 aliphatic carbocycles. The summed E-state index contributed by atoms with van der Waals surface area (Å²) in [5.41, 5.74) is 1.34. The van der Waals surface area contributed by atoms with Crippen LogP contribution in [0.4, 0.5) is 0 Å². The molecule has 2 heterocycles. The molecule has 2 aromatic rings. The fourth-order valence-corrected chi connectivity index (χ4v) is 1.79. The molecule has 20 heavy (non-hydrogen) atoms. The quantitative estimate of drug-likeness (QED) is 0.906. The van der Waals surface area contributed by atoms with E-state index in [4.69, 9.17) is 9.47 Å². The molecule has 1 unspecified atom stereocenters. The van der Waals surface area contributed by atoms with Gasteiger partial charge in [-0.1, -0.05) is 0 Å². The van der Waals surface area contributed by atoms with Crippen molar-refractivity contribution >= 4 is 0 Å². The van der Waals surface area contributed by atoms with Crippen LogP contribution in [0.5, 0.6) is 11.6 Å². The van der Waals surface area contributed by atoms with Crippen LogP contribution in [0.15, 0.2) is 36.8 Å². The van der Waals surface area contributed by atoms with Crippen molar-refractivity contribution in [2.24, 2.45) is 0 Å². The molecule has 0 saturated carbocycles. The van der Waals surface area contributed by atoms with Crippen molar-refractivity contribution in [2.75, 3.05) is 7.11 Å². The average Bonchev–Trinajstić information content (AvgIpc) is 2.46. The van der Waals surface area contributed by atoms with Gasteiger partial charge in [0, 0.05) is 29.6 Å². The minimum absolute atomic E-state index is 0.0619. The summed E-state index contributed by atoms with van der Waals surface area (Å²) in [6, 6.07) is 5.26. The zero-order valence-electron chi connectivity index (χ0n) is 11.8. The number of methoxy groups -OCH3 is 1. The summed E-state index contributed by atoms with van der Waals surface area (Å²) in [6.07, 6.45) is 4.09. The van der Waals surface area contributed by atoms with E-state index >= 15 is 0 Å². The van der Waals surface area contributed by atoms with Crippen LogP contribution in [0, 0.1) is 0 Å². The molecule has 0 saturated heterocycles. The van der Waals surface area contributed by atoms with Crippen LogP contribution < -0.4 is 9.47 Å². The maximum absolute atomic E-state index is 10.3. The Bertz CT molecular complexity index is 555. The van der Waals surface area contributed by atoms with Gasteiger partial charge in [0.2, 0.25) is 5.88 Å². The van der Waals surface area contributed by atoms with Gasteiger partial charge >= 0.3 is 0 Å². The van der Waals surface area contributed by atoms with Crippen molar-refractivity contribution in [2.45, 2.75) is 26.1 Å². The Balaban J connectivity index is 2.20. The first-order valence-corrected chi connectivity index (χ1v) is 6.39. The number of aliphatic hydroxyl groups excluding tert-OH is 1. The van der Waals surface area contributed by atoms with E-state index in [1.807, 2.05) is 13.8 Å². The second kappa shape index (κ2) is 6.34. The maximum atomic E-state index is 10.3. The zero-order valence-corrected chi connectivity index (χ0v) is 11.8. The standard InChI is InChI=1S/C15H18N2O3/c1-10(2)20-13-6-12(7-16-9-13)15(18)11-4-5-14(19-3)17-8-11/h4-10,15,18H,1-3H3. The maximum Gasteiger partial charge on any atom is 0.212 e. The fraction of sp³-hybridized carbons (Fsp3) is 0.333. The minimum Gasteiger partial charge on any atom is -0.489 e. The molecule has 0 bridgehead atoms. The third kappa shape index (κ3) is 3.45. The number of ether oxygens (including phenoxy) is 2. The number of pyridine rings is 2. The van der Waals surface area contributed by atoms with Gasteiger partial charge in [0.25, 0.3) is 0 Å². The van der Waals surface area contributed by atoms with Crippen molar-refractivity contribution in [1.29, 1.82) is 0 Å². The average molecular weight is 274 g/mol. The summed E-state index contributed by atoms with van der Waals surface area (Å²) < 4.78 is 10.6. The normalized spacial score (nSPS) is 12.2. The number of nitrogens with zero attached hydrogens (tertiary/aromatic N) is 2. The Morgan fingerprint density at radius 1 is 1.10 bits per heavy atom. The van der Waals surface area contributed by atoms with Crippen molar-refractivity contribution in [3.8, 4) is 11.6 Å². The molecule has 2 rings (SSSR count). The molecule has 5 nitrogen and oxygen atoms in total. The van der Waals surface area contributed by atoms with Gasteiger partial charge in [-0.05, 0) is 26.0 Å². The third-order valence-corrected chi connectivity index (χ3v) is 2.71. The highest BCUT2D eigenvalue weighted by atomic mass is 16.5. The van der Waals surface area contributed by atoms with Crippen LogP contribution >= 0.6 is 0 Å². The molecule has 0 amide bonds. The highest BCUT2D eigenvalue weighted by Crippen LogP contribution is 2.24. The van der Waals surface area contributed by atoms with Gasteiger partial charge in [-0.2, -0.15) is 0 Å². The molecule has 1 atom stereocenters. The van der Waals surface area contributed by atoms with Gasteiger partial charge in [-0.15, -0.1) is 0 Å². The molecular formula is C15H18N2O3. The lowest BCUT2D eigenvalue weighted by Gasteiger charge is -2.14. The topological polar surface area (TPSA) is 64.5 Å². The predicted octanol–water partition coefficient (Wildman–Crippen LogP) is 2.35. The number of rotatable bonds is 5. The van der Waals surface area contributed by atoms with E-state index in [1.165, 1.54) is 0 Å². The molecule has 5 heteroatoms. The summed E-state index contributed by atoms with van der Waals surface area (Å²) in [5, 5.41) is 10.3. The SMILES string of the molecule is COc1ccc(C(O)c2cncc(OC(C)C)c2)cn1. The Morgan fingerprint density at radius 2 is 1.90 bits per heavy atom. The lowest BCUT2D eigenvalue weighted by Crippen LogP contribution is -2.07. The highest BCUT2D eigenvalue weighted by molar-refractivity contribution is 5.32. The van der Waals surface area contributed by atoms with Gasteiger partial charge < -0.3 is 14.6 Å². The van der Waals surface area contributed by atoms with E-state index in [0.29, 0.717) is 22.8 Å². The summed E-state index contributed by atoms with van der Waals surface area (Å²) >= 11 is 0. The summed E-state index contributed by atoms with van der Waals surface area (Å²) in [5.74, 6) is 1.15. The second-order valence-corrected chi connectivity index (χ2v) is 4.66. The summed E-state index contributed by atoms with van der Waals surface area (Å²) in [7, 11) is 1.55. The van der Waals surface area contributed by atoms with Crippen LogP contribution in [0.25, 0.3) is 0 Å². The van der Waals surface area contributed by atoms with E-state index in [0.717, 1.165) is 0 Å². The van der Waals surface area contributed by atoms with Crippen LogP contribution in [0.1, 0.15) is 31.1 Å². The molecule has 0 aromatic carbocycles. The number of hydrogen-bond donors (Lipinski definition) is 1. The Labute approximate surface area is 118 Å². The summed E-state index contributed by atoms with van der Waals surface area (Å²) in [4.78, 5) is 8.17. The Hall–Kier alpha value is -2.14. The van der Waals surface area contributed by atoms with Crippen molar-refractivity contribution in [1.82, 2.24) is 9.97 Å². The van der Waals surface area contributed by atoms with E-state index in [9.17, 15) is 5.11 Å². The molecule has 1 N–H and O–H groups in total. The number of aromatic nitrogens is 2. The van der Waals surface area contributed by atoms with Crippen LogP contribution in [0.3, 0.4) is 0 Å². The van der Waals surface area contributed by atoms with Gasteiger partial charge in [-0.25, -0.2) is 4.98 Å². The van der Waals surface area contributed by atoms with Gasteiger partial charge in [0.1, 0.15) is 11.9 Å². The highest BCUT2D eigenvalue weighted by Gasteiger charge is 2.13. The predicted molar refractivity (Wildman–Crippen MR) is 74.9 cm³/mol. The van der Waals surface area contributed by atoms with Crippen molar-refractivity contribution in [3.63, 3.8) is 0 Å². The lowest BCUT2D eigenvalue weighted by atomic mass is 10.1. The van der Waals surface area contributed by atoms with E-state index in [2.05, 4.69) is 9.97 Å². The molecule has 0 fully saturated rings. The lowest BCUT2D eigenvalue weighted by molar-refractivity contribution is 0.215. The molecule has 2 aromatic heterocycles. The second-order valence-electron chi connectivity index (χ2n) is 4.66. The number of hydrogen-bond acceptors (Lipinski definition) is 5. The number of aliphatic hydroxyl groups is 1. The van der Waals surface area contributed by atoms with E-state index in [1.54, 1.807) is 43.9 Å². The zero-order chi connectivity index (χ0) is 14.5. The van der Waals surface area contributed by atoms with Crippen molar-refractivity contribution in [3.05, 3.63) is 47.9 Å². The Morgan fingerprint density at radius 3 is 2.50 bits per heavy atom. The fourth-order valence-electron chi connectivity index (χ4n) is 1.79. The van der Waals surface area contributed by atoms with E-state index in [-0.39, 0.29) is 6.10 Å². The van der Waals surface area contributed by atoms with Crippen LogP contribution in [0.2, 0.25) is 0 Å². The van der Waals surface area contributed by atoms with Gasteiger partial charge in [-0.3, -0.25) is 4.98 Å². The third-order valence-electron chi connectivity index (χ3n) is 2.71. The molecule has 0 aliphatic rings. The summed E-state index contributed by atoms with van der Waals surface area (Å²) in [6.45, 7) is 3.88. The first kappa shape index (κ1) is 14.3.